The molecule has 2 heterocycles. The van der Waals surface area contributed by atoms with Gasteiger partial charge in [-0.1, -0.05) is 24.3 Å². The van der Waals surface area contributed by atoms with Gasteiger partial charge in [0.05, 0.1) is 0 Å². The molecule has 0 amide bonds. The molecule has 0 aliphatic carbocycles. The largest absolute Gasteiger partial charge is 0.478 e. The van der Waals surface area contributed by atoms with Gasteiger partial charge in [-0.15, -0.1) is 13.2 Å². The summed E-state index contributed by atoms with van der Waals surface area (Å²) < 4.78 is 11.7. The van der Waals surface area contributed by atoms with E-state index in [1.807, 2.05) is 12.2 Å². The fourth-order valence-electron chi connectivity index (χ4n) is 3.54. The van der Waals surface area contributed by atoms with Crippen LogP contribution in [0.15, 0.2) is 61.7 Å². The number of hydrogen-bond acceptors (Lipinski definition) is 4. The van der Waals surface area contributed by atoms with E-state index >= 15 is 0 Å². The lowest BCUT2D eigenvalue weighted by atomic mass is 9.99. The van der Waals surface area contributed by atoms with Crippen LogP contribution < -0.4 is 9.47 Å². The lowest BCUT2D eigenvalue weighted by molar-refractivity contribution is 0.107. The highest BCUT2D eigenvalue weighted by Gasteiger charge is 2.19. The van der Waals surface area contributed by atoms with Crippen LogP contribution in [-0.2, 0) is 13.1 Å². The first-order valence-corrected chi connectivity index (χ1v) is 8.95. The Morgan fingerprint density at radius 2 is 1.23 bits per heavy atom. The van der Waals surface area contributed by atoms with E-state index in [2.05, 4.69) is 59.4 Å². The van der Waals surface area contributed by atoms with Crippen molar-refractivity contribution >= 4 is 0 Å². The average Bonchev–Trinajstić information content (AvgIpc) is 2.67. The van der Waals surface area contributed by atoms with Gasteiger partial charge in [0.25, 0.3) is 0 Å². The van der Waals surface area contributed by atoms with Crippen LogP contribution in [0.1, 0.15) is 11.1 Å². The van der Waals surface area contributed by atoms with Crippen LogP contribution >= 0.6 is 0 Å². The van der Waals surface area contributed by atoms with E-state index in [1.54, 1.807) is 0 Å². The molecule has 0 unspecified atom stereocenters. The minimum absolute atomic E-state index is 0.619. The number of fused-ring (bicyclic) bond motifs is 2. The van der Waals surface area contributed by atoms with Crippen LogP contribution in [0.4, 0.5) is 0 Å². The Morgan fingerprint density at radius 1 is 0.769 bits per heavy atom. The van der Waals surface area contributed by atoms with Gasteiger partial charge in [-0.05, 0) is 35.4 Å². The molecule has 0 atom stereocenters. The predicted molar refractivity (Wildman–Crippen MR) is 104 cm³/mol. The Hall–Kier alpha value is -2.56. The van der Waals surface area contributed by atoms with Gasteiger partial charge < -0.3 is 9.47 Å². The molecule has 2 aromatic carbocycles. The molecule has 2 aliphatic rings. The van der Waals surface area contributed by atoms with Crippen molar-refractivity contribution in [2.45, 2.75) is 13.1 Å². The molecule has 0 saturated heterocycles. The van der Waals surface area contributed by atoms with Crippen LogP contribution in [0.5, 0.6) is 11.5 Å². The summed E-state index contributed by atoms with van der Waals surface area (Å²) in [6.45, 7) is 12.3. The quantitative estimate of drug-likeness (QED) is 0.762. The molecule has 0 saturated carbocycles. The fourth-order valence-corrected chi connectivity index (χ4v) is 3.54. The maximum absolute atomic E-state index is 5.85. The van der Waals surface area contributed by atoms with Crippen molar-refractivity contribution in [3.8, 4) is 22.6 Å². The SMILES string of the molecule is C=CCN1COc2ccc(-c3ccc4c(c3)CN(CC=C)CO4)cc2C1. The maximum atomic E-state index is 5.85. The molecule has 134 valence electrons. The summed E-state index contributed by atoms with van der Waals surface area (Å²) in [7, 11) is 0. The van der Waals surface area contributed by atoms with Gasteiger partial charge in [0.1, 0.15) is 25.0 Å². The summed E-state index contributed by atoms with van der Waals surface area (Å²) >= 11 is 0. The van der Waals surface area contributed by atoms with Crippen molar-refractivity contribution in [1.29, 1.82) is 0 Å². The number of hydrogen-bond donors (Lipinski definition) is 0. The predicted octanol–water partition coefficient (Wildman–Crippen LogP) is 4.03. The van der Waals surface area contributed by atoms with Crippen LogP contribution in [0.25, 0.3) is 11.1 Å². The van der Waals surface area contributed by atoms with Crippen molar-refractivity contribution < 1.29 is 9.47 Å². The highest BCUT2D eigenvalue weighted by Crippen LogP contribution is 2.33. The van der Waals surface area contributed by atoms with Crippen LogP contribution in [0, 0.1) is 0 Å². The molecule has 4 heteroatoms. The molecule has 4 nitrogen and oxygen atoms in total. The second kappa shape index (κ2) is 7.36. The van der Waals surface area contributed by atoms with Crippen molar-refractivity contribution in [3.63, 3.8) is 0 Å². The Bertz CT molecular complexity index is 761. The van der Waals surface area contributed by atoms with Crippen LogP contribution in [0.2, 0.25) is 0 Å². The van der Waals surface area contributed by atoms with Crippen LogP contribution in [0.3, 0.4) is 0 Å². The molecule has 0 aromatic heterocycles. The minimum Gasteiger partial charge on any atom is -0.478 e. The molecule has 0 radical (unpaired) electrons. The Balaban J connectivity index is 1.60. The van der Waals surface area contributed by atoms with Gasteiger partial charge in [-0.3, -0.25) is 9.80 Å². The monoisotopic (exact) mass is 348 g/mol. The van der Waals surface area contributed by atoms with Crippen molar-refractivity contribution in [3.05, 3.63) is 72.8 Å². The van der Waals surface area contributed by atoms with E-state index < -0.39 is 0 Å². The lowest BCUT2D eigenvalue weighted by Crippen LogP contribution is -2.32. The van der Waals surface area contributed by atoms with E-state index in [0.29, 0.717) is 13.5 Å². The van der Waals surface area contributed by atoms with Crippen molar-refractivity contribution in [2.75, 3.05) is 26.6 Å². The van der Waals surface area contributed by atoms with Gasteiger partial charge in [0, 0.05) is 37.3 Å². The second-order valence-corrected chi connectivity index (χ2v) is 6.79. The third-order valence-electron chi connectivity index (χ3n) is 4.82. The van der Waals surface area contributed by atoms with E-state index in [-0.39, 0.29) is 0 Å². The summed E-state index contributed by atoms with van der Waals surface area (Å²) in [6.07, 6.45) is 3.83. The highest BCUT2D eigenvalue weighted by molar-refractivity contribution is 5.68. The van der Waals surface area contributed by atoms with Gasteiger partial charge in [0.15, 0.2) is 0 Å². The lowest BCUT2D eigenvalue weighted by Gasteiger charge is -2.29. The minimum atomic E-state index is 0.619. The molecular weight excluding hydrogens is 324 g/mol. The summed E-state index contributed by atoms with van der Waals surface area (Å²) in [5.74, 6) is 1.96. The first-order chi connectivity index (χ1) is 12.8. The van der Waals surface area contributed by atoms with Gasteiger partial charge in [-0.25, -0.2) is 0 Å². The molecule has 0 N–H and O–H groups in total. The summed E-state index contributed by atoms with van der Waals surface area (Å²) in [5, 5.41) is 0. The zero-order valence-corrected chi connectivity index (χ0v) is 15.0. The summed E-state index contributed by atoms with van der Waals surface area (Å²) in [4.78, 5) is 4.46. The third kappa shape index (κ3) is 3.39. The smallest absolute Gasteiger partial charge is 0.142 e. The summed E-state index contributed by atoms with van der Waals surface area (Å²) in [5.41, 5.74) is 4.85. The number of nitrogens with zero attached hydrogens (tertiary/aromatic N) is 2. The fraction of sp³-hybridized carbons (Fsp3) is 0.273. The molecule has 0 bridgehead atoms. The molecular formula is C22H24N2O2. The molecule has 0 spiro atoms. The van der Waals surface area contributed by atoms with Gasteiger partial charge in [0.2, 0.25) is 0 Å². The van der Waals surface area contributed by atoms with Crippen molar-refractivity contribution in [1.82, 2.24) is 9.80 Å². The standard InChI is InChI=1S/C22H24N2O2/c1-3-9-23-13-19-11-17(5-7-21(19)25-15-23)18-6-8-22-20(12-18)14-24(10-4-2)16-26-22/h3-8,11-12H,1-2,9-10,13-16H2. The van der Waals surface area contributed by atoms with Crippen LogP contribution in [-0.4, -0.2) is 36.4 Å². The number of rotatable bonds is 5. The van der Waals surface area contributed by atoms with E-state index in [9.17, 15) is 0 Å². The van der Waals surface area contributed by atoms with E-state index in [0.717, 1.165) is 37.7 Å². The number of benzene rings is 2. The topological polar surface area (TPSA) is 24.9 Å². The van der Waals surface area contributed by atoms with Gasteiger partial charge in [-0.2, -0.15) is 0 Å². The zero-order chi connectivity index (χ0) is 17.9. The highest BCUT2D eigenvalue weighted by atomic mass is 16.5. The Morgan fingerprint density at radius 3 is 1.65 bits per heavy atom. The third-order valence-corrected chi connectivity index (χ3v) is 4.82. The van der Waals surface area contributed by atoms with E-state index in [1.165, 1.54) is 22.3 Å². The molecule has 4 rings (SSSR count). The second-order valence-electron chi connectivity index (χ2n) is 6.79. The average molecular weight is 348 g/mol. The molecule has 2 aliphatic heterocycles. The Labute approximate surface area is 154 Å². The van der Waals surface area contributed by atoms with Gasteiger partial charge >= 0.3 is 0 Å². The zero-order valence-electron chi connectivity index (χ0n) is 15.0. The molecule has 2 aromatic rings. The normalized spacial score (nSPS) is 16.8. The molecule has 0 fully saturated rings. The molecule has 26 heavy (non-hydrogen) atoms. The van der Waals surface area contributed by atoms with Crippen molar-refractivity contribution in [2.24, 2.45) is 0 Å². The maximum Gasteiger partial charge on any atom is 0.142 e. The van der Waals surface area contributed by atoms with E-state index in [4.69, 9.17) is 9.47 Å². The first kappa shape index (κ1) is 16.9. The first-order valence-electron chi connectivity index (χ1n) is 8.95. The number of ether oxygens (including phenoxy) is 2. The summed E-state index contributed by atoms with van der Waals surface area (Å²) in [6, 6.07) is 12.9. The Kier molecular flexibility index (Phi) is 4.78.